The van der Waals surface area contributed by atoms with Crippen molar-refractivity contribution in [2.75, 3.05) is 25.6 Å². The summed E-state index contributed by atoms with van der Waals surface area (Å²) < 4.78 is 11.1. The summed E-state index contributed by atoms with van der Waals surface area (Å²) in [6.45, 7) is 6.37. The van der Waals surface area contributed by atoms with Gasteiger partial charge in [0, 0.05) is 6.61 Å². The van der Waals surface area contributed by atoms with Crippen LogP contribution in [-0.2, 0) is 4.74 Å². The monoisotopic (exact) mass is 237 g/mol. The molecule has 17 heavy (non-hydrogen) atoms. The lowest BCUT2D eigenvalue weighted by molar-refractivity contribution is 0.0760. The third-order valence-corrected chi connectivity index (χ3v) is 2.59. The van der Waals surface area contributed by atoms with Crippen LogP contribution in [0.25, 0.3) is 0 Å². The summed E-state index contributed by atoms with van der Waals surface area (Å²) in [5, 5.41) is 0. The SMILES string of the molecule is CCCC(C)COCCOc1ccccc1N. The summed E-state index contributed by atoms with van der Waals surface area (Å²) >= 11 is 0. The van der Waals surface area contributed by atoms with E-state index in [0.717, 1.165) is 12.4 Å². The fraction of sp³-hybridized carbons (Fsp3) is 0.571. The average Bonchev–Trinajstić information content (AvgIpc) is 2.31. The summed E-state index contributed by atoms with van der Waals surface area (Å²) in [5.41, 5.74) is 6.43. The zero-order chi connectivity index (χ0) is 12.5. The highest BCUT2D eigenvalue weighted by Gasteiger charge is 2.01. The molecule has 0 amide bonds. The molecule has 3 heteroatoms. The van der Waals surface area contributed by atoms with Gasteiger partial charge < -0.3 is 15.2 Å². The van der Waals surface area contributed by atoms with Gasteiger partial charge in [-0.05, 0) is 24.5 Å². The Balaban J connectivity index is 2.10. The maximum Gasteiger partial charge on any atom is 0.142 e. The number of anilines is 1. The smallest absolute Gasteiger partial charge is 0.142 e. The van der Waals surface area contributed by atoms with Gasteiger partial charge in [-0.15, -0.1) is 0 Å². The maximum absolute atomic E-state index is 5.76. The molecule has 0 bridgehead atoms. The normalized spacial score (nSPS) is 12.4. The Hall–Kier alpha value is -1.22. The molecule has 3 nitrogen and oxygen atoms in total. The molecule has 2 N–H and O–H groups in total. The lowest BCUT2D eigenvalue weighted by Crippen LogP contribution is -2.12. The van der Waals surface area contributed by atoms with Gasteiger partial charge in [-0.1, -0.05) is 32.4 Å². The third kappa shape index (κ3) is 5.59. The van der Waals surface area contributed by atoms with E-state index in [0.29, 0.717) is 24.8 Å². The molecule has 1 unspecified atom stereocenters. The van der Waals surface area contributed by atoms with Crippen molar-refractivity contribution in [3.63, 3.8) is 0 Å². The van der Waals surface area contributed by atoms with Crippen molar-refractivity contribution in [1.29, 1.82) is 0 Å². The van der Waals surface area contributed by atoms with Crippen LogP contribution in [0.1, 0.15) is 26.7 Å². The minimum atomic E-state index is 0.549. The summed E-state index contributed by atoms with van der Waals surface area (Å²) in [7, 11) is 0. The second-order valence-corrected chi connectivity index (χ2v) is 4.36. The van der Waals surface area contributed by atoms with Crippen LogP contribution in [0.5, 0.6) is 5.75 Å². The van der Waals surface area contributed by atoms with E-state index in [-0.39, 0.29) is 0 Å². The zero-order valence-corrected chi connectivity index (χ0v) is 10.8. The molecule has 1 aromatic rings. The lowest BCUT2D eigenvalue weighted by Gasteiger charge is -2.12. The molecular formula is C14H23NO2. The van der Waals surface area contributed by atoms with Gasteiger partial charge in [0.15, 0.2) is 0 Å². The van der Waals surface area contributed by atoms with E-state index in [4.69, 9.17) is 15.2 Å². The molecule has 1 aromatic carbocycles. The molecule has 1 atom stereocenters. The molecule has 96 valence electrons. The Morgan fingerprint density at radius 1 is 1.24 bits per heavy atom. The van der Waals surface area contributed by atoms with Crippen LogP contribution in [0.2, 0.25) is 0 Å². The molecule has 0 spiro atoms. The third-order valence-electron chi connectivity index (χ3n) is 2.59. The van der Waals surface area contributed by atoms with E-state index in [1.807, 2.05) is 24.3 Å². The molecule has 0 saturated carbocycles. The Morgan fingerprint density at radius 2 is 2.00 bits per heavy atom. The van der Waals surface area contributed by atoms with Crippen LogP contribution in [-0.4, -0.2) is 19.8 Å². The lowest BCUT2D eigenvalue weighted by atomic mass is 10.1. The number of hydrogen-bond donors (Lipinski definition) is 1. The van der Waals surface area contributed by atoms with Crippen molar-refractivity contribution in [1.82, 2.24) is 0 Å². The number of nitrogens with two attached hydrogens (primary N) is 1. The minimum absolute atomic E-state index is 0.549. The number of rotatable bonds is 8. The first-order valence-corrected chi connectivity index (χ1v) is 6.29. The Labute approximate surface area is 104 Å². The Morgan fingerprint density at radius 3 is 2.71 bits per heavy atom. The van der Waals surface area contributed by atoms with Crippen LogP contribution in [0.3, 0.4) is 0 Å². The zero-order valence-electron chi connectivity index (χ0n) is 10.8. The Kier molecular flexibility index (Phi) is 6.48. The van der Waals surface area contributed by atoms with Gasteiger partial charge >= 0.3 is 0 Å². The van der Waals surface area contributed by atoms with E-state index in [1.54, 1.807) is 0 Å². The van der Waals surface area contributed by atoms with Gasteiger partial charge in [-0.25, -0.2) is 0 Å². The van der Waals surface area contributed by atoms with E-state index >= 15 is 0 Å². The summed E-state index contributed by atoms with van der Waals surface area (Å²) in [4.78, 5) is 0. The molecule has 0 radical (unpaired) electrons. The van der Waals surface area contributed by atoms with Crippen molar-refractivity contribution in [3.05, 3.63) is 24.3 Å². The molecule has 0 heterocycles. The molecule has 1 rings (SSSR count). The minimum Gasteiger partial charge on any atom is -0.489 e. The highest BCUT2D eigenvalue weighted by Crippen LogP contribution is 2.19. The highest BCUT2D eigenvalue weighted by molar-refractivity contribution is 5.51. The molecule has 0 aliphatic carbocycles. The molecule has 0 aromatic heterocycles. The second-order valence-electron chi connectivity index (χ2n) is 4.36. The van der Waals surface area contributed by atoms with Gasteiger partial charge in [-0.3, -0.25) is 0 Å². The van der Waals surface area contributed by atoms with E-state index in [1.165, 1.54) is 12.8 Å². The fourth-order valence-electron chi connectivity index (χ4n) is 1.68. The summed E-state index contributed by atoms with van der Waals surface area (Å²) in [6, 6.07) is 7.51. The van der Waals surface area contributed by atoms with Crippen LogP contribution >= 0.6 is 0 Å². The number of benzene rings is 1. The van der Waals surface area contributed by atoms with Crippen molar-refractivity contribution in [2.24, 2.45) is 5.92 Å². The molecule has 0 aliphatic rings. The first kappa shape index (κ1) is 13.8. The fourth-order valence-corrected chi connectivity index (χ4v) is 1.68. The van der Waals surface area contributed by atoms with E-state index < -0.39 is 0 Å². The van der Waals surface area contributed by atoms with Crippen LogP contribution in [0.4, 0.5) is 5.69 Å². The Bertz CT molecular complexity index is 315. The second kappa shape index (κ2) is 7.96. The molecular weight excluding hydrogens is 214 g/mol. The van der Waals surface area contributed by atoms with Gasteiger partial charge in [-0.2, -0.15) is 0 Å². The summed E-state index contributed by atoms with van der Waals surface area (Å²) in [5.74, 6) is 1.36. The number of nitrogen functional groups attached to an aromatic ring is 1. The predicted molar refractivity (Wildman–Crippen MR) is 71.2 cm³/mol. The van der Waals surface area contributed by atoms with Crippen molar-refractivity contribution >= 4 is 5.69 Å². The number of ether oxygens (including phenoxy) is 2. The van der Waals surface area contributed by atoms with Crippen LogP contribution in [0, 0.1) is 5.92 Å². The first-order chi connectivity index (χ1) is 8.24. The summed E-state index contributed by atoms with van der Waals surface area (Å²) in [6.07, 6.45) is 2.42. The highest BCUT2D eigenvalue weighted by atomic mass is 16.5. The van der Waals surface area contributed by atoms with Crippen molar-refractivity contribution < 1.29 is 9.47 Å². The van der Waals surface area contributed by atoms with E-state index in [2.05, 4.69) is 13.8 Å². The molecule has 0 fully saturated rings. The first-order valence-electron chi connectivity index (χ1n) is 6.29. The predicted octanol–water partition coefficient (Wildman–Crippen LogP) is 3.10. The quantitative estimate of drug-likeness (QED) is 0.558. The molecule has 0 aliphatic heterocycles. The van der Waals surface area contributed by atoms with Gasteiger partial charge in [0.2, 0.25) is 0 Å². The van der Waals surface area contributed by atoms with Gasteiger partial charge in [0.05, 0.1) is 12.3 Å². The van der Waals surface area contributed by atoms with E-state index in [9.17, 15) is 0 Å². The molecule has 0 saturated heterocycles. The maximum atomic E-state index is 5.76. The standard InChI is InChI=1S/C14H23NO2/c1-3-6-12(2)11-16-9-10-17-14-8-5-4-7-13(14)15/h4-5,7-8,12H,3,6,9-11,15H2,1-2H3. The number of para-hydroxylation sites is 2. The van der Waals surface area contributed by atoms with Crippen LogP contribution < -0.4 is 10.5 Å². The van der Waals surface area contributed by atoms with Gasteiger partial charge in [0.1, 0.15) is 12.4 Å². The van der Waals surface area contributed by atoms with Crippen molar-refractivity contribution in [3.8, 4) is 5.75 Å². The van der Waals surface area contributed by atoms with Crippen LogP contribution in [0.15, 0.2) is 24.3 Å². The topological polar surface area (TPSA) is 44.5 Å². The number of hydrogen-bond acceptors (Lipinski definition) is 3. The van der Waals surface area contributed by atoms with Crippen molar-refractivity contribution in [2.45, 2.75) is 26.7 Å². The van der Waals surface area contributed by atoms with Gasteiger partial charge in [0.25, 0.3) is 0 Å². The average molecular weight is 237 g/mol. The largest absolute Gasteiger partial charge is 0.489 e.